The van der Waals surface area contributed by atoms with Crippen LogP contribution in [0, 0.1) is 5.92 Å². The topological polar surface area (TPSA) is 92.7 Å². The smallest absolute Gasteiger partial charge is 0.238 e. The molecule has 0 radical (unpaired) electrons. The molecule has 0 spiro atoms. The Morgan fingerprint density at radius 2 is 1.74 bits per heavy atom. The molecule has 0 saturated carbocycles. The Morgan fingerprint density at radius 3 is 2.45 bits per heavy atom. The predicted molar refractivity (Wildman–Crippen MR) is 148 cm³/mol. The third kappa shape index (κ3) is 4.79. The van der Waals surface area contributed by atoms with Crippen molar-refractivity contribution in [3.8, 4) is 5.95 Å². The molecule has 9 nitrogen and oxygen atoms in total. The highest BCUT2D eigenvalue weighted by Crippen LogP contribution is 2.33. The lowest BCUT2D eigenvalue weighted by Crippen LogP contribution is -2.41. The SMILES string of the molecule is CC(C)c1nc2ccccc2n1-c1nc(N2CCOCC2)c2oc(CN3CCC(C(C)(C)O)CC3)cc2n1. The lowest BCUT2D eigenvalue weighted by atomic mass is 9.83. The second-order valence-corrected chi connectivity index (χ2v) is 11.5. The molecule has 1 N–H and O–H groups in total. The van der Waals surface area contributed by atoms with Crippen molar-refractivity contribution in [1.29, 1.82) is 0 Å². The summed E-state index contributed by atoms with van der Waals surface area (Å²) in [5, 5.41) is 10.4. The summed E-state index contributed by atoms with van der Waals surface area (Å²) in [7, 11) is 0. The highest BCUT2D eigenvalue weighted by molar-refractivity contribution is 5.86. The van der Waals surface area contributed by atoms with Gasteiger partial charge in [0.1, 0.15) is 17.1 Å². The van der Waals surface area contributed by atoms with Gasteiger partial charge in [0.05, 0.1) is 36.4 Å². The van der Waals surface area contributed by atoms with Gasteiger partial charge in [-0.15, -0.1) is 0 Å². The number of anilines is 1. The molecule has 2 aliphatic heterocycles. The molecule has 202 valence electrons. The first-order chi connectivity index (χ1) is 18.3. The third-order valence-corrected chi connectivity index (χ3v) is 7.97. The number of morpholine rings is 1. The molecular formula is C29H38N6O3. The van der Waals surface area contributed by atoms with Crippen LogP contribution in [0.2, 0.25) is 0 Å². The molecule has 0 amide bonds. The molecule has 2 fully saturated rings. The Hall–Kier alpha value is -3.01. The van der Waals surface area contributed by atoms with Crippen molar-refractivity contribution in [1.82, 2.24) is 24.4 Å². The van der Waals surface area contributed by atoms with Gasteiger partial charge in [-0.3, -0.25) is 9.47 Å². The van der Waals surface area contributed by atoms with Gasteiger partial charge in [0.15, 0.2) is 11.4 Å². The number of imidazole rings is 1. The van der Waals surface area contributed by atoms with Crippen molar-refractivity contribution in [2.75, 3.05) is 44.3 Å². The number of piperidine rings is 1. The number of ether oxygens (including phenoxy) is 1. The molecule has 9 heteroatoms. The summed E-state index contributed by atoms with van der Waals surface area (Å²) in [5.74, 6) is 3.80. The van der Waals surface area contributed by atoms with Gasteiger partial charge >= 0.3 is 0 Å². The maximum Gasteiger partial charge on any atom is 0.238 e. The van der Waals surface area contributed by atoms with Crippen molar-refractivity contribution in [2.24, 2.45) is 5.92 Å². The van der Waals surface area contributed by atoms with Crippen LogP contribution in [0.1, 0.15) is 58.0 Å². The van der Waals surface area contributed by atoms with Crippen molar-refractivity contribution in [3.63, 3.8) is 0 Å². The van der Waals surface area contributed by atoms with Crippen LogP contribution in [0.4, 0.5) is 5.82 Å². The summed E-state index contributed by atoms with van der Waals surface area (Å²) in [5.41, 5.74) is 2.85. The van der Waals surface area contributed by atoms with Crippen molar-refractivity contribution >= 4 is 28.0 Å². The van der Waals surface area contributed by atoms with E-state index in [1.54, 1.807) is 0 Å². The number of nitrogens with zero attached hydrogens (tertiary/aromatic N) is 6. The van der Waals surface area contributed by atoms with Gasteiger partial charge in [0.2, 0.25) is 5.95 Å². The number of benzene rings is 1. The molecule has 4 aromatic rings. The maximum absolute atomic E-state index is 10.4. The van der Waals surface area contributed by atoms with E-state index in [9.17, 15) is 5.11 Å². The van der Waals surface area contributed by atoms with Gasteiger partial charge < -0.3 is 19.2 Å². The number of aliphatic hydroxyl groups is 1. The second-order valence-electron chi connectivity index (χ2n) is 11.5. The van der Waals surface area contributed by atoms with Crippen LogP contribution in [0.3, 0.4) is 0 Å². The van der Waals surface area contributed by atoms with Crippen LogP contribution in [0.5, 0.6) is 0 Å². The molecule has 0 atom stereocenters. The Labute approximate surface area is 223 Å². The summed E-state index contributed by atoms with van der Waals surface area (Å²) in [6.07, 6.45) is 1.97. The number of furan rings is 1. The van der Waals surface area contributed by atoms with Gasteiger partial charge in [-0.2, -0.15) is 4.98 Å². The highest BCUT2D eigenvalue weighted by Gasteiger charge is 2.31. The minimum absolute atomic E-state index is 0.209. The Morgan fingerprint density at radius 1 is 1.00 bits per heavy atom. The summed E-state index contributed by atoms with van der Waals surface area (Å²) >= 11 is 0. The summed E-state index contributed by atoms with van der Waals surface area (Å²) < 4.78 is 14.2. The number of para-hydroxylation sites is 2. The van der Waals surface area contributed by atoms with E-state index in [-0.39, 0.29) is 5.92 Å². The van der Waals surface area contributed by atoms with Crippen LogP contribution < -0.4 is 4.90 Å². The highest BCUT2D eigenvalue weighted by atomic mass is 16.5. The average Bonchev–Trinajstić information content (AvgIpc) is 3.49. The fourth-order valence-electron chi connectivity index (χ4n) is 5.78. The van der Waals surface area contributed by atoms with E-state index in [0.717, 1.165) is 85.1 Å². The lowest BCUT2D eigenvalue weighted by molar-refractivity contribution is -0.0142. The summed E-state index contributed by atoms with van der Waals surface area (Å²) in [6, 6.07) is 10.2. The van der Waals surface area contributed by atoms with Crippen LogP contribution in [0.25, 0.3) is 28.1 Å². The molecule has 2 saturated heterocycles. The number of fused-ring (bicyclic) bond motifs is 2. The zero-order valence-corrected chi connectivity index (χ0v) is 22.9. The van der Waals surface area contributed by atoms with Gasteiger partial charge in [0, 0.05) is 25.1 Å². The monoisotopic (exact) mass is 518 g/mol. The van der Waals surface area contributed by atoms with E-state index in [1.807, 2.05) is 32.0 Å². The van der Waals surface area contributed by atoms with E-state index in [0.29, 0.717) is 25.1 Å². The largest absolute Gasteiger partial charge is 0.454 e. The van der Waals surface area contributed by atoms with E-state index >= 15 is 0 Å². The Kier molecular flexibility index (Phi) is 6.62. The molecule has 6 rings (SSSR count). The molecule has 0 unspecified atom stereocenters. The average molecular weight is 519 g/mol. The minimum atomic E-state index is -0.628. The zero-order chi connectivity index (χ0) is 26.4. The molecule has 5 heterocycles. The van der Waals surface area contributed by atoms with Crippen LogP contribution in [0.15, 0.2) is 34.7 Å². The molecule has 1 aromatic carbocycles. The lowest BCUT2D eigenvalue weighted by Gasteiger charge is -2.37. The summed E-state index contributed by atoms with van der Waals surface area (Å²) in [6.45, 7) is 13.6. The molecule has 2 aliphatic rings. The molecule has 0 aliphatic carbocycles. The van der Waals surface area contributed by atoms with Crippen LogP contribution >= 0.6 is 0 Å². The first-order valence-corrected chi connectivity index (χ1v) is 13.8. The summed E-state index contributed by atoms with van der Waals surface area (Å²) in [4.78, 5) is 19.7. The molecular weight excluding hydrogens is 480 g/mol. The Bertz CT molecular complexity index is 1420. The number of hydrogen-bond donors (Lipinski definition) is 1. The van der Waals surface area contributed by atoms with Crippen LogP contribution in [-0.4, -0.2) is 74.5 Å². The van der Waals surface area contributed by atoms with Gasteiger partial charge in [0.25, 0.3) is 0 Å². The first-order valence-electron chi connectivity index (χ1n) is 13.8. The van der Waals surface area contributed by atoms with E-state index in [2.05, 4.69) is 40.3 Å². The van der Waals surface area contributed by atoms with Crippen molar-refractivity contribution in [3.05, 3.63) is 41.9 Å². The third-order valence-electron chi connectivity index (χ3n) is 7.97. The first kappa shape index (κ1) is 25.3. The standard InChI is InChI=1S/C29H38N6O3/c1-19(2)26-30-22-7-5-6-8-24(22)35(26)28-31-23-17-21(18-33-11-9-20(10-12-33)29(3,4)36)38-25(23)27(32-28)34-13-15-37-16-14-34/h5-8,17,19-20,36H,9-16,18H2,1-4H3. The van der Waals surface area contributed by atoms with Gasteiger partial charge in [-0.1, -0.05) is 26.0 Å². The fourth-order valence-corrected chi connectivity index (χ4v) is 5.78. The normalized spacial score (nSPS) is 18.3. The molecule has 38 heavy (non-hydrogen) atoms. The van der Waals surface area contributed by atoms with Gasteiger partial charge in [-0.05, 0) is 57.8 Å². The van der Waals surface area contributed by atoms with E-state index in [4.69, 9.17) is 24.1 Å². The quantitative estimate of drug-likeness (QED) is 0.399. The zero-order valence-electron chi connectivity index (χ0n) is 22.9. The predicted octanol–water partition coefficient (Wildman–Crippen LogP) is 4.50. The number of rotatable bonds is 6. The molecule has 3 aromatic heterocycles. The fraction of sp³-hybridized carbons (Fsp3) is 0.552. The number of aromatic nitrogens is 4. The van der Waals surface area contributed by atoms with E-state index in [1.165, 1.54) is 0 Å². The second kappa shape index (κ2) is 9.94. The van der Waals surface area contributed by atoms with Crippen molar-refractivity contribution < 1.29 is 14.3 Å². The van der Waals surface area contributed by atoms with Crippen LogP contribution in [-0.2, 0) is 11.3 Å². The molecule has 0 bridgehead atoms. The van der Waals surface area contributed by atoms with Gasteiger partial charge in [-0.25, -0.2) is 9.97 Å². The van der Waals surface area contributed by atoms with E-state index < -0.39 is 5.60 Å². The Balaban J connectivity index is 1.39. The number of hydrogen-bond acceptors (Lipinski definition) is 8. The maximum atomic E-state index is 10.4. The van der Waals surface area contributed by atoms with Crippen molar-refractivity contribution in [2.45, 2.75) is 58.6 Å². The minimum Gasteiger partial charge on any atom is -0.454 e. The number of likely N-dealkylation sites (tertiary alicyclic amines) is 1.